The molecule has 2 aromatic carbocycles. The van der Waals surface area contributed by atoms with Gasteiger partial charge in [-0.15, -0.1) is 0 Å². The number of thiol groups is 2. The summed E-state index contributed by atoms with van der Waals surface area (Å²) in [5, 5.41) is 8.38. The summed E-state index contributed by atoms with van der Waals surface area (Å²) in [4.78, 5) is 0. The second-order valence-electron chi connectivity index (χ2n) is 5.71. The fraction of sp³-hybridized carbons (Fsp3) is 0.273. The average molecular weight is 672 g/mol. The molecular weight excluding hydrogens is 644 g/mol. The van der Waals surface area contributed by atoms with Gasteiger partial charge in [-0.3, -0.25) is 0 Å². The van der Waals surface area contributed by atoms with Gasteiger partial charge < -0.3 is 21.1 Å². The third kappa shape index (κ3) is 12.5. The van der Waals surface area contributed by atoms with Crippen LogP contribution in [0.1, 0.15) is 37.8 Å². The molecule has 0 N–H and O–H groups in total. The molecule has 0 saturated heterocycles. The van der Waals surface area contributed by atoms with Crippen LogP contribution >= 0.6 is 23.5 Å². The molecular formula is C22H28N4PtS4. The van der Waals surface area contributed by atoms with Gasteiger partial charge in [0.2, 0.25) is 0 Å². The smallest absolute Gasteiger partial charge is 0.174 e. The molecule has 0 aliphatic carbocycles. The minimum atomic E-state index is 0. The van der Waals surface area contributed by atoms with Crippen molar-refractivity contribution in [1.29, 1.82) is 0 Å². The molecule has 31 heavy (non-hydrogen) atoms. The zero-order valence-electron chi connectivity index (χ0n) is 18.0. The van der Waals surface area contributed by atoms with E-state index in [1.807, 2.05) is 73.2 Å². The van der Waals surface area contributed by atoms with E-state index >= 15 is 0 Å². The first kappa shape index (κ1) is 29.9. The zero-order chi connectivity index (χ0) is 22.2. The Morgan fingerprint density at radius 2 is 1.03 bits per heavy atom. The molecule has 2 rings (SSSR count). The van der Waals surface area contributed by atoms with Gasteiger partial charge in [0.05, 0.1) is 0 Å². The van der Waals surface area contributed by atoms with Crippen LogP contribution in [-0.4, -0.2) is 32.6 Å². The average Bonchev–Trinajstić information content (AvgIpc) is 2.81. The number of hydrogen-bond acceptors (Lipinski definition) is 4. The minimum Gasteiger partial charge on any atom is -0.519 e. The van der Waals surface area contributed by atoms with Crippen LogP contribution in [0.15, 0.2) is 70.9 Å². The van der Waals surface area contributed by atoms with Crippen LogP contribution in [0.25, 0.3) is 10.9 Å². The maximum atomic E-state index is 4.19. The molecule has 0 radical (unpaired) electrons. The normalized spacial score (nSPS) is 10.8. The molecule has 0 amide bonds. The van der Waals surface area contributed by atoms with Gasteiger partial charge in [-0.2, -0.15) is 0 Å². The SMILES string of the molecule is CCC(=N[N-]C(=[SH+])SC)c1ccccc1.CCC(=N[N-]C(=[SH+])SC)c1ccccc1.[Pt]. The number of benzene rings is 2. The van der Waals surface area contributed by atoms with Gasteiger partial charge in [0.25, 0.3) is 0 Å². The Kier molecular flexibility index (Phi) is 17.9. The first-order chi connectivity index (χ1) is 14.5. The molecule has 0 aliphatic rings. The number of nitrogens with zero attached hydrogens (tertiary/aromatic N) is 4. The summed E-state index contributed by atoms with van der Waals surface area (Å²) in [7, 11) is 0. The molecule has 0 spiro atoms. The summed E-state index contributed by atoms with van der Waals surface area (Å²) in [6.45, 7) is 4.14. The molecule has 2 aromatic rings. The van der Waals surface area contributed by atoms with Gasteiger partial charge in [-0.25, -0.2) is 0 Å². The molecule has 0 atom stereocenters. The van der Waals surface area contributed by atoms with E-state index in [1.54, 1.807) is 0 Å². The monoisotopic (exact) mass is 671 g/mol. The molecule has 0 bridgehead atoms. The second kappa shape index (κ2) is 18.5. The second-order valence-corrected chi connectivity index (χ2v) is 8.75. The van der Waals surface area contributed by atoms with Crippen LogP contribution in [-0.2, 0) is 45.5 Å². The molecule has 0 aromatic heterocycles. The van der Waals surface area contributed by atoms with Gasteiger partial charge in [-0.1, -0.05) is 98.0 Å². The van der Waals surface area contributed by atoms with Crippen LogP contribution in [0.5, 0.6) is 0 Å². The third-order valence-electron chi connectivity index (χ3n) is 3.76. The van der Waals surface area contributed by atoms with E-state index in [0.29, 0.717) is 8.64 Å². The molecule has 4 nitrogen and oxygen atoms in total. The molecule has 170 valence electrons. The first-order valence-corrected chi connectivity index (χ1v) is 12.8. The van der Waals surface area contributed by atoms with E-state index in [4.69, 9.17) is 0 Å². The fourth-order valence-electron chi connectivity index (χ4n) is 2.21. The van der Waals surface area contributed by atoms with E-state index in [-0.39, 0.29) is 21.1 Å². The van der Waals surface area contributed by atoms with Crippen molar-refractivity contribution >= 4 is 68.0 Å². The molecule has 0 saturated carbocycles. The topological polar surface area (TPSA) is 52.9 Å². The van der Waals surface area contributed by atoms with Crippen LogP contribution in [0.3, 0.4) is 0 Å². The maximum absolute atomic E-state index is 4.19. The Bertz CT molecular complexity index is 772. The summed E-state index contributed by atoms with van der Waals surface area (Å²) < 4.78 is 1.36. The van der Waals surface area contributed by atoms with Crippen LogP contribution in [0.2, 0.25) is 0 Å². The first-order valence-electron chi connectivity index (χ1n) is 9.41. The van der Waals surface area contributed by atoms with Crippen LogP contribution in [0, 0.1) is 0 Å². The summed E-state index contributed by atoms with van der Waals surface area (Å²) >= 11 is 11.3. The van der Waals surface area contributed by atoms with Crippen LogP contribution in [0.4, 0.5) is 0 Å². The molecule has 0 heterocycles. The van der Waals surface area contributed by atoms with Crippen molar-refractivity contribution in [3.8, 4) is 0 Å². The summed E-state index contributed by atoms with van der Waals surface area (Å²) in [6.07, 6.45) is 5.58. The van der Waals surface area contributed by atoms with E-state index in [1.165, 1.54) is 23.5 Å². The predicted octanol–water partition coefficient (Wildman–Crippen LogP) is 5.81. The quantitative estimate of drug-likeness (QED) is 0.128. The molecule has 0 aliphatic heterocycles. The van der Waals surface area contributed by atoms with Crippen molar-refractivity contribution < 1.29 is 21.1 Å². The Balaban J connectivity index is 0.000000562. The summed E-state index contributed by atoms with van der Waals surface area (Å²) in [5.41, 5.74) is 12.2. The zero-order valence-corrected chi connectivity index (χ0v) is 23.7. The summed E-state index contributed by atoms with van der Waals surface area (Å²) in [5.74, 6) is 0. The molecule has 9 heteroatoms. The Labute approximate surface area is 219 Å². The van der Waals surface area contributed by atoms with Crippen LogP contribution < -0.4 is 0 Å². The van der Waals surface area contributed by atoms with Crippen molar-refractivity contribution in [2.75, 3.05) is 12.5 Å². The predicted molar refractivity (Wildman–Crippen MR) is 148 cm³/mol. The third-order valence-corrected chi connectivity index (χ3v) is 5.93. The van der Waals surface area contributed by atoms with Crippen molar-refractivity contribution in [2.45, 2.75) is 26.7 Å². The largest absolute Gasteiger partial charge is 0.519 e. The van der Waals surface area contributed by atoms with E-state index in [9.17, 15) is 0 Å². The summed E-state index contributed by atoms with van der Waals surface area (Å²) in [6, 6.07) is 20.1. The standard InChI is InChI=1S/2C11H14N2S2.Pt/c2*1-3-10(12-13-11(14)15-2)9-7-5-4-6-8-9;/h2*4-8H,3H2,1-2H3,(H,13,14);. The van der Waals surface area contributed by atoms with Gasteiger partial charge in [0.1, 0.15) is 0 Å². The van der Waals surface area contributed by atoms with Gasteiger partial charge in [0, 0.05) is 32.5 Å². The van der Waals surface area contributed by atoms with E-state index in [0.717, 1.165) is 35.4 Å². The Hall–Kier alpha value is -1.05. The number of thioether (sulfide) groups is 2. The van der Waals surface area contributed by atoms with Crippen molar-refractivity contribution in [2.24, 2.45) is 10.2 Å². The van der Waals surface area contributed by atoms with Gasteiger partial charge in [-0.05, 0) is 36.5 Å². The Morgan fingerprint density at radius 1 is 0.710 bits per heavy atom. The molecule has 0 fully saturated rings. The molecule has 0 unspecified atom stereocenters. The van der Waals surface area contributed by atoms with E-state index in [2.05, 4.69) is 59.3 Å². The Morgan fingerprint density at radius 3 is 1.29 bits per heavy atom. The maximum Gasteiger partial charge on any atom is 0.174 e. The minimum absolute atomic E-state index is 0. The van der Waals surface area contributed by atoms with E-state index < -0.39 is 0 Å². The van der Waals surface area contributed by atoms with Crippen molar-refractivity contribution in [3.63, 3.8) is 0 Å². The van der Waals surface area contributed by atoms with Crippen molar-refractivity contribution in [3.05, 3.63) is 82.6 Å². The van der Waals surface area contributed by atoms with Crippen molar-refractivity contribution in [1.82, 2.24) is 0 Å². The van der Waals surface area contributed by atoms with Gasteiger partial charge in [0.15, 0.2) is 33.1 Å². The fourth-order valence-corrected chi connectivity index (χ4v) is 2.55. The van der Waals surface area contributed by atoms with Gasteiger partial charge >= 0.3 is 0 Å². The number of rotatable bonds is 6. The number of hydrogen-bond donors (Lipinski definition) is 0.